The van der Waals surface area contributed by atoms with Gasteiger partial charge >= 0.3 is 0 Å². The molecular weight excluding hydrogens is 372 g/mol. The van der Waals surface area contributed by atoms with E-state index in [4.69, 9.17) is 11.6 Å². The number of amides is 1. The molecule has 26 heavy (non-hydrogen) atoms. The Bertz CT molecular complexity index is 874. The first-order chi connectivity index (χ1) is 12.5. The van der Waals surface area contributed by atoms with Crippen LogP contribution in [-0.2, 0) is 10.0 Å². The Labute approximate surface area is 159 Å². The van der Waals surface area contributed by atoms with Gasteiger partial charge in [0.2, 0.25) is 0 Å². The number of nitrogens with one attached hydrogen (secondary N) is 1. The minimum atomic E-state index is -3.78. The van der Waals surface area contributed by atoms with E-state index in [2.05, 4.69) is 4.72 Å². The number of anilines is 1. The maximum atomic E-state index is 12.6. The summed E-state index contributed by atoms with van der Waals surface area (Å²) >= 11 is 5.97. The molecule has 1 aliphatic heterocycles. The molecule has 1 aliphatic rings. The highest BCUT2D eigenvalue weighted by molar-refractivity contribution is 7.92. The molecular formula is C19H21ClN2O3S. The first kappa shape index (κ1) is 18.7. The molecule has 0 unspecified atom stereocenters. The molecule has 1 heterocycles. The molecule has 1 N–H and O–H groups in total. The van der Waals surface area contributed by atoms with E-state index in [1.54, 1.807) is 36.4 Å². The second-order valence-corrected chi connectivity index (χ2v) is 8.38. The van der Waals surface area contributed by atoms with Crippen LogP contribution in [0.15, 0.2) is 53.4 Å². The van der Waals surface area contributed by atoms with Crippen molar-refractivity contribution in [3.05, 3.63) is 59.1 Å². The highest BCUT2D eigenvalue weighted by Crippen LogP contribution is 2.23. The van der Waals surface area contributed by atoms with E-state index in [1.165, 1.54) is 12.1 Å². The lowest BCUT2D eigenvalue weighted by Crippen LogP contribution is -2.31. The molecule has 0 aromatic heterocycles. The van der Waals surface area contributed by atoms with Crippen molar-refractivity contribution in [1.29, 1.82) is 0 Å². The highest BCUT2D eigenvalue weighted by atomic mass is 35.5. The van der Waals surface area contributed by atoms with Crippen molar-refractivity contribution in [1.82, 2.24) is 4.90 Å². The van der Waals surface area contributed by atoms with Gasteiger partial charge in [-0.05, 0) is 49.2 Å². The van der Waals surface area contributed by atoms with Gasteiger partial charge in [0.25, 0.3) is 15.9 Å². The molecule has 0 saturated carbocycles. The van der Waals surface area contributed by atoms with Crippen LogP contribution in [0.4, 0.5) is 5.69 Å². The number of carbonyl (C=O) groups excluding carboxylic acids is 1. The molecule has 1 saturated heterocycles. The third-order valence-electron chi connectivity index (χ3n) is 4.40. The average Bonchev–Trinajstić information content (AvgIpc) is 2.91. The Morgan fingerprint density at radius 3 is 2.15 bits per heavy atom. The van der Waals surface area contributed by atoms with Crippen molar-refractivity contribution < 1.29 is 13.2 Å². The van der Waals surface area contributed by atoms with Gasteiger partial charge in [0.1, 0.15) is 4.90 Å². The molecule has 0 radical (unpaired) electrons. The number of carbonyl (C=O) groups is 1. The van der Waals surface area contributed by atoms with Gasteiger partial charge in [0.05, 0.1) is 5.02 Å². The van der Waals surface area contributed by atoms with Gasteiger partial charge in [0.15, 0.2) is 0 Å². The summed E-state index contributed by atoms with van der Waals surface area (Å²) in [6.45, 7) is 1.56. The fourth-order valence-electron chi connectivity index (χ4n) is 3.01. The van der Waals surface area contributed by atoms with E-state index >= 15 is 0 Å². The fourth-order valence-corrected chi connectivity index (χ4v) is 4.59. The maximum Gasteiger partial charge on any atom is 0.263 e. The lowest BCUT2D eigenvalue weighted by molar-refractivity contribution is 0.0761. The van der Waals surface area contributed by atoms with Crippen molar-refractivity contribution in [2.24, 2.45) is 0 Å². The number of benzene rings is 2. The third kappa shape index (κ3) is 4.37. The zero-order valence-corrected chi connectivity index (χ0v) is 15.9. The lowest BCUT2D eigenvalue weighted by atomic mass is 10.2. The van der Waals surface area contributed by atoms with E-state index in [9.17, 15) is 13.2 Å². The smallest absolute Gasteiger partial charge is 0.263 e. The van der Waals surface area contributed by atoms with Crippen LogP contribution >= 0.6 is 11.6 Å². The number of sulfonamides is 1. The van der Waals surface area contributed by atoms with E-state index in [1.807, 2.05) is 4.90 Å². The molecule has 0 atom stereocenters. The summed E-state index contributed by atoms with van der Waals surface area (Å²) in [6.07, 6.45) is 4.38. The number of nitrogens with zero attached hydrogens (tertiary/aromatic N) is 1. The van der Waals surface area contributed by atoms with Crippen LogP contribution in [0.25, 0.3) is 0 Å². The highest BCUT2D eigenvalue weighted by Gasteiger charge is 2.19. The first-order valence-corrected chi connectivity index (χ1v) is 10.5. The predicted octanol–water partition coefficient (Wildman–Crippen LogP) is 4.16. The third-order valence-corrected chi connectivity index (χ3v) is 6.28. The van der Waals surface area contributed by atoms with Crippen LogP contribution in [0.5, 0.6) is 0 Å². The van der Waals surface area contributed by atoms with Crippen LogP contribution in [0.3, 0.4) is 0 Å². The van der Waals surface area contributed by atoms with Crippen LogP contribution < -0.4 is 4.72 Å². The Morgan fingerprint density at radius 1 is 0.923 bits per heavy atom. The number of hydrogen-bond donors (Lipinski definition) is 1. The molecule has 5 nitrogen and oxygen atoms in total. The predicted molar refractivity (Wildman–Crippen MR) is 103 cm³/mol. The SMILES string of the molecule is O=C(c1ccc(NS(=O)(=O)c2ccccc2Cl)cc1)N1CCCCCC1. The summed E-state index contributed by atoms with van der Waals surface area (Å²) in [5.41, 5.74) is 0.949. The van der Waals surface area contributed by atoms with Crippen molar-refractivity contribution in [3.8, 4) is 0 Å². The standard InChI is InChI=1S/C19H21ClN2O3S/c20-17-7-3-4-8-18(17)26(24,25)21-16-11-9-15(10-12-16)19(23)22-13-5-1-2-6-14-22/h3-4,7-12,21H,1-2,5-6,13-14H2. The van der Waals surface area contributed by atoms with E-state index in [0.29, 0.717) is 11.3 Å². The Morgan fingerprint density at radius 2 is 1.54 bits per heavy atom. The molecule has 1 amide bonds. The monoisotopic (exact) mass is 392 g/mol. The van der Waals surface area contributed by atoms with Crippen LogP contribution in [0, 0.1) is 0 Å². The maximum absolute atomic E-state index is 12.6. The molecule has 7 heteroatoms. The Balaban J connectivity index is 1.73. The van der Waals surface area contributed by atoms with E-state index < -0.39 is 10.0 Å². The van der Waals surface area contributed by atoms with Crippen LogP contribution in [0.1, 0.15) is 36.0 Å². The number of halogens is 1. The second kappa shape index (κ2) is 8.10. The number of likely N-dealkylation sites (tertiary alicyclic amines) is 1. The second-order valence-electron chi connectivity index (χ2n) is 6.32. The zero-order chi connectivity index (χ0) is 18.6. The van der Waals surface area contributed by atoms with E-state index in [-0.39, 0.29) is 15.8 Å². The van der Waals surface area contributed by atoms with Gasteiger partial charge in [-0.1, -0.05) is 36.6 Å². The summed E-state index contributed by atoms with van der Waals surface area (Å²) < 4.78 is 27.4. The molecule has 138 valence electrons. The Kier molecular flexibility index (Phi) is 5.84. The van der Waals surface area contributed by atoms with Gasteiger partial charge in [-0.2, -0.15) is 0 Å². The lowest BCUT2D eigenvalue weighted by Gasteiger charge is -2.20. The van der Waals surface area contributed by atoms with Gasteiger partial charge in [-0.3, -0.25) is 9.52 Å². The van der Waals surface area contributed by atoms with Crippen molar-refractivity contribution in [3.63, 3.8) is 0 Å². The first-order valence-electron chi connectivity index (χ1n) is 8.64. The molecule has 0 bridgehead atoms. The molecule has 3 rings (SSSR count). The fraction of sp³-hybridized carbons (Fsp3) is 0.316. The van der Waals surface area contributed by atoms with Crippen molar-refractivity contribution in [2.45, 2.75) is 30.6 Å². The van der Waals surface area contributed by atoms with Gasteiger partial charge in [-0.25, -0.2) is 8.42 Å². The Hall–Kier alpha value is -2.05. The molecule has 2 aromatic rings. The summed E-state index contributed by atoms with van der Waals surface area (Å²) in [6, 6.07) is 12.8. The quantitative estimate of drug-likeness (QED) is 0.849. The van der Waals surface area contributed by atoms with Gasteiger partial charge < -0.3 is 4.90 Å². The topological polar surface area (TPSA) is 66.5 Å². The summed E-state index contributed by atoms with van der Waals surface area (Å²) in [7, 11) is -3.78. The summed E-state index contributed by atoms with van der Waals surface area (Å²) in [5, 5.41) is 0.160. The number of rotatable bonds is 4. The summed E-state index contributed by atoms with van der Waals surface area (Å²) in [5.74, 6) is -0.00703. The van der Waals surface area contributed by atoms with Gasteiger partial charge in [0, 0.05) is 24.3 Å². The molecule has 0 aliphatic carbocycles. The van der Waals surface area contributed by atoms with Crippen molar-refractivity contribution in [2.75, 3.05) is 17.8 Å². The largest absolute Gasteiger partial charge is 0.339 e. The number of hydrogen-bond acceptors (Lipinski definition) is 3. The zero-order valence-electron chi connectivity index (χ0n) is 14.3. The van der Waals surface area contributed by atoms with E-state index in [0.717, 1.165) is 38.8 Å². The normalized spacial score (nSPS) is 15.3. The van der Waals surface area contributed by atoms with Crippen LogP contribution in [-0.4, -0.2) is 32.3 Å². The average molecular weight is 393 g/mol. The van der Waals surface area contributed by atoms with Gasteiger partial charge in [-0.15, -0.1) is 0 Å². The molecule has 1 fully saturated rings. The minimum absolute atomic E-state index is 0.00703. The minimum Gasteiger partial charge on any atom is -0.339 e. The van der Waals surface area contributed by atoms with Crippen LogP contribution in [0.2, 0.25) is 5.02 Å². The molecule has 2 aromatic carbocycles. The summed E-state index contributed by atoms with van der Waals surface area (Å²) in [4.78, 5) is 14.5. The molecule has 0 spiro atoms. The van der Waals surface area contributed by atoms with Crippen molar-refractivity contribution >= 4 is 33.2 Å².